The Bertz CT molecular complexity index is 472. The number of hydrogen-bond donors (Lipinski definition) is 1. The molecule has 0 amide bonds. The number of halogens is 1. The molecule has 1 aromatic rings. The van der Waals surface area contributed by atoms with Gasteiger partial charge in [-0.25, -0.2) is 4.39 Å². The van der Waals surface area contributed by atoms with Crippen LogP contribution < -0.4 is 19.5 Å². The second-order valence-corrected chi connectivity index (χ2v) is 4.83. The molecule has 1 unspecified atom stereocenters. The van der Waals surface area contributed by atoms with Gasteiger partial charge in [0.15, 0.2) is 23.1 Å². The molecule has 0 aromatic heterocycles. The molecular weight excluding hydrogens is 249 g/mol. The van der Waals surface area contributed by atoms with Crippen molar-refractivity contribution in [2.75, 3.05) is 26.9 Å². The van der Waals surface area contributed by atoms with E-state index < -0.39 is 0 Å². The summed E-state index contributed by atoms with van der Waals surface area (Å²) in [6.45, 7) is 1.84. The molecule has 0 spiro atoms. The maximum Gasteiger partial charge on any atom is 0.173 e. The average Bonchev–Trinajstić information content (AvgIpc) is 2.47. The van der Waals surface area contributed by atoms with Crippen molar-refractivity contribution in [2.24, 2.45) is 0 Å². The SMILES string of the molecule is COc1cc2c(c(C3CCCCN3)c1F)OCCO2. The number of fused-ring (bicyclic) bond motifs is 1. The van der Waals surface area contributed by atoms with E-state index in [2.05, 4.69) is 5.32 Å². The Balaban J connectivity index is 2.08. The Morgan fingerprint density at radius 1 is 1.32 bits per heavy atom. The maximum atomic E-state index is 14.5. The van der Waals surface area contributed by atoms with E-state index >= 15 is 0 Å². The molecular formula is C14H18FNO3. The normalized spacial score (nSPS) is 22.1. The lowest BCUT2D eigenvalue weighted by atomic mass is 9.95. The first-order chi connectivity index (χ1) is 9.31. The molecule has 0 radical (unpaired) electrons. The molecule has 2 heterocycles. The van der Waals surface area contributed by atoms with Gasteiger partial charge in [-0.15, -0.1) is 0 Å². The maximum absolute atomic E-state index is 14.5. The standard InChI is InChI=1S/C14H18FNO3/c1-17-10-8-11-14(19-7-6-18-11)12(13(10)15)9-4-2-3-5-16-9/h8-9,16H,2-7H2,1H3. The van der Waals surface area contributed by atoms with Gasteiger partial charge in [0, 0.05) is 12.1 Å². The fraction of sp³-hybridized carbons (Fsp3) is 0.571. The van der Waals surface area contributed by atoms with E-state index in [1.54, 1.807) is 6.07 Å². The van der Waals surface area contributed by atoms with E-state index in [0.29, 0.717) is 30.3 Å². The molecule has 104 valence electrons. The van der Waals surface area contributed by atoms with Crippen LogP contribution in [0.4, 0.5) is 4.39 Å². The molecule has 1 atom stereocenters. The van der Waals surface area contributed by atoms with Crippen molar-refractivity contribution < 1.29 is 18.6 Å². The number of methoxy groups -OCH3 is 1. The van der Waals surface area contributed by atoms with Gasteiger partial charge in [-0.05, 0) is 19.4 Å². The average molecular weight is 267 g/mol. The van der Waals surface area contributed by atoms with E-state index in [0.717, 1.165) is 25.8 Å². The highest BCUT2D eigenvalue weighted by Gasteiger charge is 2.29. The molecule has 5 heteroatoms. The summed E-state index contributed by atoms with van der Waals surface area (Å²) in [5.74, 6) is 0.980. The van der Waals surface area contributed by atoms with Crippen molar-refractivity contribution in [1.29, 1.82) is 0 Å². The first kappa shape index (κ1) is 12.5. The van der Waals surface area contributed by atoms with Crippen LogP contribution in [0.5, 0.6) is 17.2 Å². The van der Waals surface area contributed by atoms with Crippen molar-refractivity contribution in [1.82, 2.24) is 5.32 Å². The zero-order valence-corrected chi connectivity index (χ0v) is 11.0. The summed E-state index contributed by atoms with van der Waals surface area (Å²) in [5.41, 5.74) is 0.550. The first-order valence-corrected chi connectivity index (χ1v) is 6.70. The number of benzene rings is 1. The monoisotopic (exact) mass is 267 g/mol. The van der Waals surface area contributed by atoms with E-state index in [-0.39, 0.29) is 17.6 Å². The number of nitrogens with one attached hydrogen (secondary N) is 1. The van der Waals surface area contributed by atoms with Crippen LogP contribution in [0, 0.1) is 5.82 Å². The van der Waals surface area contributed by atoms with Crippen molar-refractivity contribution >= 4 is 0 Å². The Hall–Kier alpha value is -1.49. The van der Waals surface area contributed by atoms with Gasteiger partial charge in [0.05, 0.1) is 12.7 Å². The number of ether oxygens (including phenoxy) is 3. The van der Waals surface area contributed by atoms with Crippen LogP contribution >= 0.6 is 0 Å². The van der Waals surface area contributed by atoms with Crippen LogP contribution in [-0.4, -0.2) is 26.9 Å². The van der Waals surface area contributed by atoms with E-state index in [1.807, 2.05) is 0 Å². The third-order valence-electron chi connectivity index (χ3n) is 3.65. The van der Waals surface area contributed by atoms with Gasteiger partial charge in [-0.2, -0.15) is 0 Å². The third-order valence-corrected chi connectivity index (χ3v) is 3.65. The summed E-state index contributed by atoms with van der Waals surface area (Å²) in [7, 11) is 1.46. The highest BCUT2D eigenvalue weighted by atomic mass is 19.1. The van der Waals surface area contributed by atoms with Crippen molar-refractivity contribution in [3.8, 4) is 17.2 Å². The fourth-order valence-electron chi connectivity index (χ4n) is 2.72. The van der Waals surface area contributed by atoms with Crippen LogP contribution in [0.2, 0.25) is 0 Å². The van der Waals surface area contributed by atoms with Crippen LogP contribution in [0.1, 0.15) is 30.9 Å². The van der Waals surface area contributed by atoms with E-state index in [4.69, 9.17) is 14.2 Å². The first-order valence-electron chi connectivity index (χ1n) is 6.70. The van der Waals surface area contributed by atoms with Gasteiger partial charge in [0.1, 0.15) is 13.2 Å². The molecule has 1 saturated heterocycles. The Kier molecular flexibility index (Phi) is 3.46. The Morgan fingerprint density at radius 3 is 2.89 bits per heavy atom. The molecule has 1 N–H and O–H groups in total. The number of piperidine rings is 1. The van der Waals surface area contributed by atoms with Crippen LogP contribution in [0.25, 0.3) is 0 Å². The zero-order valence-electron chi connectivity index (χ0n) is 11.0. The molecule has 19 heavy (non-hydrogen) atoms. The minimum atomic E-state index is -0.342. The smallest absolute Gasteiger partial charge is 0.173 e. The number of rotatable bonds is 2. The lowest BCUT2D eigenvalue weighted by Gasteiger charge is -2.29. The molecule has 2 aliphatic heterocycles. The lowest BCUT2D eigenvalue weighted by molar-refractivity contribution is 0.165. The second-order valence-electron chi connectivity index (χ2n) is 4.83. The molecule has 0 saturated carbocycles. The molecule has 3 rings (SSSR count). The molecule has 1 aromatic carbocycles. The van der Waals surface area contributed by atoms with Gasteiger partial charge in [0.2, 0.25) is 0 Å². The molecule has 4 nitrogen and oxygen atoms in total. The van der Waals surface area contributed by atoms with Gasteiger partial charge < -0.3 is 19.5 Å². The predicted octanol–water partition coefficient (Wildman–Crippen LogP) is 2.42. The van der Waals surface area contributed by atoms with Gasteiger partial charge in [-0.3, -0.25) is 0 Å². The van der Waals surface area contributed by atoms with Gasteiger partial charge >= 0.3 is 0 Å². The lowest BCUT2D eigenvalue weighted by Crippen LogP contribution is -2.29. The van der Waals surface area contributed by atoms with Crippen molar-refractivity contribution in [2.45, 2.75) is 25.3 Å². The van der Waals surface area contributed by atoms with Crippen LogP contribution in [0.3, 0.4) is 0 Å². The fourth-order valence-corrected chi connectivity index (χ4v) is 2.72. The highest BCUT2D eigenvalue weighted by molar-refractivity contribution is 5.55. The zero-order chi connectivity index (χ0) is 13.2. The molecule has 2 aliphatic rings. The van der Waals surface area contributed by atoms with Crippen molar-refractivity contribution in [3.63, 3.8) is 0 Å². The van der Waals surface area contributed by atoms with E-state index in [9.17, 15) is 4.39 Å². The Labute approximate surface area is 111 Å². The van der Waals surface area contributed by atoms with Gasteiger partial charge in [0.25, 0.3) is 0 Å². The van der Waals surface area contributed by atoms with Crippen molar-refractivity contribution in [3.05, 3.63) is 17.4 Å². The predicted molar refractivity (Wildman–Crippen MR) is 68.5 cm³/mol. The summed E-state index contributed by atoms with van der Waals surface area (Å²) >= 11 is 0. The van der Waals surface area contributed by atoms with Gasteiger partial charge in [-0.1, -0.05) is 6.42 Å². The van der Waals surface area contributed by atoms with Crippen LogP contribution in [0.15, 0.2) is 6.07 Å². The molecule has 0 bridgehead atoms. The molecule has 0 aliphatic carbocycles. The molecule has 1 fully saturated rings. The minimum absolute atomic E-state index is 0.0284. The third kappa shape index (κ3) is 2.23. The van der Waals surface area contributed by atoms with E-state index in [1.165, 1.54) is 7.11 Å². The van der Waals surface area contributed by atoms with Crippen LogP contribution in [-0.2, 0) is 0 Å². The largest absolute Gasteiger partial charge is 0.494 e. The summed E-state index contributed by atoms with van der Waals surface area (Å²) in [4.78, 5) is 0. The summed E-state index contributed by atoms with van der Waals surface area (Å²) in [6, 6.07) is 1.54. The summed E-state index contributed by atoms with van der Waals surface area (Å²) in [6.07, 6.45) is 3.12. The highest BCUT2D eigenvalue weighted by Crippen LogP contribution is 2.44. The number of hydrogen-bond acceptors (Lipinski definition) is 4. The second kappa shape index (κ2) is 5.25. The summed E-state index contributed by atoms with van der Waals surface area (Å²) in [5, 5.41) is 3.35. The summed E-state index contributed by atoms with van der Waals surface area (Å²) < 4.78 is 30.8. The Morgan fingerprint density at radius 2 is 2.16 bits per heavy atom. The topological polar surface area (TPSA) is 39.7 Å². The minimum Gasteiger partial charge on any atom is -0.494 e. The quantitative estimate of drug-likeness (QED) is 0.893.